The third-order valence-corrected chi connectivity index (χ3v) is 5.00. The van der Waals surface area contributed by atoms with E-state index in [9.17, 15) is 22.4 Å². The molecule has 7 heteroatoms. The molecule has 2 aromatic rings. The molecule has 0 aliphatic carbocycles. The van der Waals surface area contributed by atoms with E-state index in [1.54, 1.807) is 6.92 Å². The highest BCUT2D eigenvalue weighted by Crippen LogP contribution is 2.42. The van der Waals surface area contributed by atoms with Gasteiger partial charge in [-0.2, -0.15) is 13.2 Å². The molecule has 1 heterocycles. The number of rotatable bonds is 3. The summed E-state index contributed by atoms with van der Waals surface area (Å²) in [4.78, 5) is 12.1. The number of carbonyl (C=O) groups excluding carboxylic acids is 1. The molecular formula is C21H21F4NO2. The van der Waals surface area contributed by atoms with E-state index < -0.39 is 35.0 Å². The fourth-order valence-electron chi connectivity index (χ4n) is 3.63. The minimum atomic E-state index is -4.53. The Kier molecular flexibility index (Phi) is 5.23. The molecule has 28 heavy (non-hydrogen) atoms. The molecule has 0 saturated carbocycles. The van der Waals surface area contributed by atoms with E-state index in [1.807, 2.05) is 13.8 Å². The van der Waals surface area contributed by atoms with Gasteiger partial charge in [0.2, 0.25) is 0 Å². The Morgan fingerprint density at radius 2 is 1.89 bits per heavy atom. The molecule has 1 atom stereocenters. The lowest BCUT2D eigenvalue weighted by molar-refractivity contribution is -0.138. The van der Waals surface area contributed by atoms with Gasteiger partial charge in [0.1, 0.15) is 5.82 Å². The van der Waals surface area contributed by atoms with Gasteiger partial charge >= 0.3 is 12.1 Å². The van der Waals surface area contributed by atoms with E-state index in [-0.39, 0.29) is 17.7 Å². The van der Waals surface area contributed by atoms with Crippen molar-refractivity contribution in [2.45, 2.75) is 38.4 Å². The highest BCUT2D eigenvalue weighted by molar-refractivity contribution is 5.90. The molecule has 3 rings (SSSR count). The molecule has 0 bridgehead atoms. The van der Waals surface area contributed by atoms with Gasteiger partial charge in [-0.15, -0.1) is 0 Å². The van der Waals surface area contributed by atoms with Gasteiger partial charge in [0.05, 0.1) is 23.8 Å². The summed E-state index contributed by atoms with van der Waals surface area (Å²) < 4.78 is 60.1. The number of esters is 1. The minimum absolute atomic E-state index is 0.0353. The molecule has 0 radical (unpaired) electrons. The molecule has 0 amide bonds. The molecule has 150 valence electrons. The van der Waals surface area contributed by atoms with Crippen molar-refractivity contribution in [3.8, 4) is 0 Å². The van der Waals surface area contributed by atoms with Crippen molar-refractivity contribution in [2.24, 2.45) is 0 Å². The number of benzene rings is 2. The largest absolute Gasteiger partial charge is 0.462 e. The first-order valence-electron chi connectivity index (χ1n) is 8.97. The van der Waals surface area contributed by atoms with E-state index in [1.165, 1.54) is 30.3 Å². The molecule has 0 aromatic heterocycles. The lowest BCUT2D eigenvalue weighted by Crippen LogP contribution is -2.43. The highest BCUT2D eigenvalue weighted by Gasteiger charge is 2.40. The summed E-state index contributed by atoms with van der Waals surface area (Å²) in [5, 5.41) is 3.14. The van der Waals surface area contributed by atoms with E-state index in [0.29, 0.717) is 17.7 Å². The second-order valence-corrected chi connectivity index (χ2v) is 7.42. The number of nitrogens with one attached hydrogen (secondary N) is 1. The Hall–Kier alpha value is -2.41. The molecule has 0 saturated heterocycles. The summed E-state index contributed by atoms with van der Waals surface area (Å²) in [5.74, 6) is -1.58. The highest BCUT2D eigenvalue weighted by atomic mass is 19.4. The van der Waals surface area contributed by atoms with Crippen molar-refractivity contribution in [1.82, 2.24) is 5.32 Å². The summed E-state index contributed by atoms with van der Waals surface area (Å²) in [6.45, 7) is 5.76. The van der Waals surface area contributed by atoms with Gasteiger partial charge in [-0.3, -0.25) is 0 Å². The first kappa shape index (κ1) is 20.3. The van der Waals surface area contributed by atoms with Crippen LogP contribution in [0.2, 0.25) is 0 Å². The number of ether oxygens (including phenoxy) is 1. The normalized spacial score (nSPS) is 18.5. The van der Waals surface area contributed by atoms with Crippen LogP contribution in [0.25, 0.3) is 0 Å². The summed E-state index contributed by atoms with van der Waals surface area (Å²) >= 11 is 0. The predicted octanol–water partition coefficient (Wildman–Crippen LogP) is 4.99. The lowest BCUT2D eigenvalue weighted by atomic mass is 9.74. The Morgan fingerprint density at radius 3 is 2.54 bits per heavy atom. The van der Waals surface area contributed by atoms with Gasteiger partial charge in [-0.25, -0.2) is 9.18 Å². The van der Waals surface area contributed by atoms with Gasteiger partial charge < -0.3 is 10.1 Å². The number of alkyl halides is 3. The molecule has 1 aliphatic rings. The van der Waals surface area contributed by atoms with Crippen LogP contribution < -0.4 is 5.32 Å². The average molecular weight is 395 g/mol. The van der Waals surface area contributed by atoms with E-state index in [4.69, 9.17) is 4.74 Å². The second-order valence-electron chi connectivity index (χ2n) is 7.42. The van der Waals surface area contributed by atoms with Crippen LogP contribution in [0.1, 0.15) is 59.4 Å². The van der Waals surface area contributed by atoms with Gasteiger partial charge in [-0.05, 0) is 41.8 Å². The summed E-state index contributed by atoms with van der Waals surface area (Å²) in [6, 6.07) is 7.01. The van der Waals surface area contributed by atoms with Crippen molar-refractivity contribution in [3.63, 3.8) is 0 Å². The number of fused-ring (bicyclic) bond motifs is 1. The first-order valence-corrected chi connectivity index (χ1v) is 8.97. The van der Waals surface area contributed by atoms with Crippen LogP contribution in [0, 0.1) is 5.82 Å². The first-order chi connectivity index (χ1) is 13.1. The number of carbonyl (C=O) groups is 1. The second kappa shape index (κ2) is 7.20. The molecule has 0 spiro atoms. The Balaban J connectivity index is 2.22. The van der Waals surface area contributed by atoms with Gasteiger partial charge in [0.15, 0.2) is 0 Å². The summed E-state index contributed by atoms with van der Waals surface area (Å²) in [7, 11) is 0. The molecule has 2 aromatic carbocycles. The third kappa shape index (κ3) is 3.63. The maximum absolute atomic E-state index is 14.6. The molecule has 3 nitrogen and oxygen atoms in total. The maximum Gasteiger partial charge on any atom is 0.416 e. The minimum Gasteiger partial charge on any atom is -0.462 e. The molecule has 1 aliphatic heterocycles. The number of halogens is 4. The zero-order chi connectivity index (χ0) is 20.7. The van der Waals surface area contributed by atoms with Crippen molar-refractivity contribution < 1.29 is 27.1 Å². The van der Waals surface area contributed by atoms with E-state index >= 15 is 0 Å². The summed E-state index contributed by atoms with van der Waals surface area (Å²) in [5.41, 5.74) is -0.522. The molecule has 1 N–H and O–H groups in total. The van der Waals surface area contributed by atoms with Gasteiger partial charge in [0, 0.05) is 12.0 Å². The number of hydrogen-bond donors (Lipinski definition) is 1. The van der Waals surface area contributed by atoms with Crippen LogP contribution in [0.15, 0.2) is 36.4 Å². The van der Waals surface area contributed by atoms with E-state index in [0.717, 1.165) is 6.07 Å². The molecule has 0 fully saturated rings. The van der Waals surface area contributed by atoms with Crippen molar-refractivity contribution in [1.29, 1.82) is 0 Å². The van der Waals surface area contributed by atoms with Gasteiger partial charge in [-0.1, -0.05) is 32.0 Å². The van der Waals surface area contributed by atoms with Crippen LogP contribution in [0.5, 0.6) is 0 Å². The van der Waals surface area contributed by atoms with Crippen LogP contribution in [0.3, 0.4) is 0 Å². The van der Waals surface area contributed by atoms with Crippen LogP contribution >= 0.6 is 0 Å². The standard InChI is InChI=1S/C21H21F4NO2/c1-4-28-19(27)14-9-13-16(10-17(14)22)20(2,3)11-26-18(13)12-7-5-6-8-15(12)21(23,24)25/h5-10,18,26H,4,11H2,1-3H3. The molecule has 1 unspecified atom stereocenters. The Labute approximate surface area is 160 Å². The lowest BCUT2D eigenvalue weighted by Gasteiger charge is -2.39. The fourth-order valence-corrected chi connectivity index (χ4v) is 3.63. The quantitative estimate of drug-likeness (QED) is 0.588. The SMILES string of the molecule is CCOC(=O)c1cc2c(cc1F)C(C)(C)CNC2c1ccccc1C(F)(F)F. The Morgan fingerprint density at radius 1 is 1.21 bits per heavy atom. The van der Waals surface area contributed by atoms with E-state index in [2.05, 4.69) is 5.32 Å². The fraction of sp³-hybridized carbons (Fsp3) is 0.381. The zero-order valence-corrected chi connectivity index (χ0v) is 15.8. The maximum atomic E-state index is 14.6. The van der Waals surface area contributed by atoms with Crippen molar-refractivity contribution >= 4 is 5.97 Å². The zero-order valence-electron chi connectivity index (χ0n) is 15.8. The predicted molar refractivity (Wildman–Crippen MR) is 96.7 cm³/mol. The average Bonchev–Trinajstić information content (AvgIpc) is 2.61. The van der Waals surface area contributed by atoms with Crippen molar-refractivity contribution in [3.05, 3.63) is 70.0 Å². The van der Waals surface area contributed by atoms with Crippen LogP contribution in [0.4, 0.5) is 17.6 Å². The Bertz CT molecular complexity index is 906. The van der Waals surface area contributed by atoms with Crippen LogP contribution in [-0.2, 0) is 16.3 Å². The van der Waals surface area contributed by atoms with Crippen molar-refractivity contribution in [2.75, 3.05) is 13.2 Å². The number of hydrogen-bond acceptors (Lipinski definition) is 3. The third-order valence-electron chi connectivity index (χ3n) is 5.00. The van der Waals surface area contributed by atoms with Gasteiger partial charge in [0.25, 0.3) is 0 Å². The monoisotopic (exact) mass is 395 g/mol. The van der Waals surface area contributed by atoms with Crippen LogP contribution in [-0.4, -0.2) is 19.1 Å². The molecular weight excluding hydrogens is 374 g/mol. The smallest absolute Gasteiger partial charge is 0.416 e. The summed E-state index contributed by atoms with van der Waals surface area (Å²) in [6.07, 6.45) is -4.53. The topological polar surface area (TPSA) is 38.3 Å².